The van der Waals surface area contributed by atoms with Crippen LogP contribution in [0.1, 0.15) is 16.2 Å². The van der Waals surface area contributed by atoms with Crippen molar-refractivity contribution in [3.63, 3.8) is 0 Å². The lowest BCUT2D eigenvalue weighted by Gasteiger charge is -2.08. The van der Waals surface area contributed by atoms with Crippen LogP contribution in [-0.2, 0) is 23.3 Å². The summed E-state index contributed by atoms with van der Waals surface area (Å²) in [6.07, 6.45) is 3.60. The number of hydrogen-bond acceptors (Lipinski definition) is 4. The van der Waals surface area contributed by atoms with E-state index in [1.807, 2.05) is 0 Å². The number of halogens is 1. The van der Waals surface area contributed by atoms with E-state index in [1.165, 1.54) is 18.2 Å². The van der Waals surface area contributed by atoms with Gasteiger partial charge >= 0.3 is 5.97 Å². The summed E-state index contributed by atoms with van der Waals surface area (Å²) in [6.45, 7) is 0. The first-order valence-electron chi connectivity index (χ1n) is 6.03. The molecule has 0 unspecified atom stereocenters. The molecule has 0 aliphatic rings. The molecule has 1 heterocycles. The summed E-state index contributed by atoms with van der Waals surface area (Å²) in [5.41, 5.74) is -0.0613. The number of carbonyl (C=O) groups is 1. The van der Waals surface area contributed by atoms with Crippen molar-refractivity contribution in [3.8, 4) is 0 Å². The van der Waals surface area contributed by atoms with Gasteiger partial charge in [-0.2, -0.15) is 0 Å². The van der Waals surface area contributed by atoms with Crippen LogP contribution in [0.5, 0.6) is 0 Å². The van der Waals surface area contributed by atoms with Crippen LogP contribution in [-0.4, -0.2) is 34.8 Å². The van der Waals surface area contributed by atoms with Gasteiger partial charge in [0, 0.05) is 30.3 Å². The van der Waals surface area contributed by atoms with Gasteiger partial charge in [-0.05, 0) is 34.1 Å². The topological polar surface area (TPSA) is 89.3 Å². The van der Waals surface area contributed by atoms with E-state index in [-0.39, 0.29) is 22.6 Å². The third-order valence-electron chi connectivity index (χ3n) is 3.03. The van der Waals surface area contributed by atoms with Crippen molar-refractivity contribution in [2.75, 3.05) is 5.75 Å². The molecule has 0 spiro atoms. The third kappa shape index (κ3) is 3.51. The molecule has 0 fully saturated rings. The zero-order chi connectivity index (χ0) is 15.6. The average Bonchev–Trinajstić information content (AvgIpc) is 2.82. The second-order valence-corrected chi connectivity index (χ2v) is 7.41. The number of nitrogens with zero attached hydrogens (tertiary/aromatic N) is 2. The summed E-state index contributed by atoms with van der Waals surface area (Å²) in [4.78, 5) is 15.0. The van der Waals surface area contributed by atoms with E-state index in [4.69, 9.17) is 5.11 Å². The monoisotopic (exact) mass is 372 g/mol. The first kappa shape index (κ1) is 15.7. The standard InChI is InChI=1S/C13H13BrN2O4S/c1-16-6-5-15-12(16)4-7-21(19,20)11-8-9(13(17)18)2-3-10(11)14/h2-3,5-6,8H,4,7H2,1H3,(H,17,18). The maximum Gasteiger partial charge on any atom is 0.335 e. The van der Waals surface area contributed by atoms with E-state index in [9.17, 15) is 13.2 Å². The highest BCUT2D eigenvalue weighted by Crippen LogP contribution is 2.25. The summed E-state index contributed by atoms with van der Waals surface area (Å²) in [7, 11) is -1.82. The lowest BCUT2D eigenvalue weighted by molar-refractivity contribution is 0.0696. The van der Waals surface area contributed by atoms with Crippen LogP contribution in [0.4, 0.5) is 0 Å². The van der Waals surface area contributed by atoms with Gasteiger partial charge in [0.2, 0.25) is 0 Å². The summed E-state index contributed by atoms with van der Waals surface area (Å²) in [5.74, 6) is -0.647. The van der Waals surface area contributed by atoms with Gasteiger partial charge in [0.25, 0.3) is 0 Å². The Bertz CT molecular complexity index is 783. The third-order valence-corrected chi connectivity index (χ3v) is 5.73. The molecule has 2 rings (SSSR count). The first-order chi connectivity index (χ1) is 9.81. The molecule has 1 aromatic heterocycles. The molecule has 0 saturated carbocycles. The summed E-state index contributed by atoms with van der Waals surface area (Å²) in [6, 6.07) is 3.95. The Morgan fingerprint density at radius 1 is 1.43 bits per heavy atom. The predicted molar refractivity (Wildman–Crippen MR) is 80.1 cm³/mol. The van der Waals surface area contributed by atoms with Crippen LogP contribution in [0.25, 0.3) is 0 Å². The molecule has 1 aromatic carbocycles. The minimum atomic E-state index is -3.60. The summed E-state index contributed by atoms with van der Waals surface area (Å²) < 4.78 is 26.9. The number of aromatic carboxylic acids is 1. The molecule has 6 nitrogen and oxygen atoms in total. The molecule has 8 heteroatoms. The molecule has 0 bridgehead atoms. The van der Waals surface area contributed by atoms with Crippen molar-refractivity contribution < 1.29 is 18.3 Å². The fourth-order valence-electron chi connectivity index (χ4n) is 1.85. The van der Waals surface area contributed by atoms with E-state index in [0.717, 1.165) is 0 Å². The van der Waals surface area contributed by atoms with Crippen LogP contribution >= 0.6 is 15.9 Å². The van der Waals surface area contributed by atoms with Crippen LogP contribution in [0.3, 0.4) is 0 Å². The van der Waals surface area contributed by atoms with Gasteiger partial charge in [0.15, 0.2) is 9.84 Å². The number of aromatic nitrogens is 2. The number of hydrogen-bond donors (Lipinski definition) is 1. The maximum atomic E-state index is 12.4. The van der Waals surface area contributed by atoms with Crippen molar-refractivity contribution in [2.45, 2.75) is 11.3 Å². The second kappa shape index (κ2) is 5.98. The molecule has 21 heavy (non-hydrogen) atoms. The lowest BCUT2D eigenvalue weighted by Crippen LogP contribution is -2.13. The fourth-order valence-corrected chi connectivity index (χ4v) is 4.18. The van der Waals surface area contributed by atoms with Gasteiger partial charge < -0.3 is 9.67 Å². The zero-order valence-electron chi connectivity index (χ0n) is 11.2. The molecule has 112 valence electrons. The largest absolute Gasteiger partial charge is 0.478 e. The highest BCUT2D eigenvalue weighted by molar-refractivity contribution is 9.10. The Kier molecular flexibility index (Phi) is 4.48. The minimum Gasteiger partial charge on any atom is -0.478 e. The molecular weight excluding hydrogens is 360 g/mol. The Labute approximate surface area is 130 Å². The lowest BCUT2D eigenvalue weighted by atomic mass is 10.2. The van der Waals surface area contributed by atoms with Crippen LogP contribution in [0.2, 0.25) is 0 Å². The number of imidazole rings is 1. The molecule has 0 atom stereocenters. The highest BCUT2D eigenvalue weighted by atomic mass is 79.9. The number of carboxylic acids is 1. The molecule has 0 aliphatic carbocycles. The van der Waals surface area contributed by atoms with Gasteiger partial charge in [-0.25, -0.2) is 18.2 Å². The van der Waals surface area contributed by atoms with E-state index < -0.39 is 15.8 Å². The van der Waals surface area contributed by atoms with Gasteiger partial charge in [0.1, 0.15) is 5.82 Å². The van der Waals surface area contributed by atoms with Crippen molar-refractivity contribution >= 4 is 31.7 Å². The van der Waals surface area contributed by atoms with Gasteiger partial charge in [-0.1, -0.05) is 0 Å². The molecular formula is C13H13BrN2O4S. The maximum absolute atomic E-state index is 12.4. The van der Waals surface area contributed by atoms with E-state index >= 15 is 0 Å². The Morgan fingerprint density at radius 3 is 2.71 bits per heavy atom. The molecule has 0 saturated heterocycles. The minimum absolute atomic E-state index is 0.0170. The quantitative estimate of drug-likeness (QED) is 0.865. The number of benzene rings is 1. The Balaban J connectivity index is 2.29. The van der Waals surface area contributed by atoms with Crippen molar-refractivity contribution in [3.05, 3.63) is 46.5 Å². The first-order valence-corrected chi connectivity index (χ1v) is 8.47. The van der Waals surface area contributed by atoms with Gasteiger partial charge in [0.05, 0.1) is 16.2 Å². The summed E-state index contributed by atoms with van der Waals surface area (Å²) >= 11 is 3.16. The van der Waals surface area contributed by atoms with Gasteiger partial charge in [-0.15, -0.1) is 0 Å². The second-order valence-electron chi connectivity index (χ2n) is 4.47. The van der Waals surface area contributed by atoms with Crippen LogP contribution in [0, 0.1) is 0 Å². The molecule has 2 aromatic rings. The van der Waals surface area contributed by atoms with E-state index in [2.05, 4.69) is 20.9 Å². The van der Waals surface area contributed by atoms with Crippen molar-refractivity contribution in [2.24, 2.45) is 7.05 Å². The molecule has 0 radical (unpaired) electrons. The SMILES string of the molecule is Cn1ccnc1CCS(=O)(=O)c1cc(C(=O)O)ccc1Br. The number of carboxylic acid groups (broad SMARTS) is 1. The average molecular weight is 373 g/mol. The number of rotatable bonds is 5. The normalized spacial score (nSPS) is 11.5. The molecule has 0 amide bonds. The zero-order valence-corrected chi connectivity index (χ0v) is 13.6. The highest BCUT2D eigenvalue weighted by Gasteiger charge is 2.20. The van der Waals surface area contributed by atoms with Crippen molar-refractivity contribution in [1.29, 1.82) is 0 Å². The number of aryl methyl sites for hydroxylation is 2. The van der Waals surface area contributed by atoms with E-state index in [0.29, 0.717) is 10.3 Å². The fraction of sp³-hybridized carbons (Fsp3) is 0.231. The van der Waals surface area contributed by atoms with Gasteiger partial charge in [-0.3, -0.25) is 0 Å². The molecule has 1 N–H and O–H groups in total. The Morgan fingerprint density at radius 2 is 2.14 bits per heavy atom. The Hall–Kier alpha value is -1.67. The van der Waals surface area contributed by atoms with E-state index in [1.54, 1.807) is 24.0 Å². The van der Waals surface area contributed by atoms with Crippen LogP contribution < -0.4 is 0 Å². The number of sulfone groups is 1. The van der Waals surface area contributed by atoms with Crippen LogP contribution in [0.15, 0.2) is 40.0 Å². The van der Waals surface area contributed by atoms with Crippen molar-refractivity contribution in [1.82, 2.24) is 9.55 Å². The molecule has 0 aliphatic heterocycles. The summed E-state index contributed by atoms with van der Waals surface area (Å²) in [5, 5.41) is 8.96. The smallest absolute Gasteiger partial charge is 0.335 e. The predicted octanol–water partition coefficient (Wildman–Crippen LogP) is 1.90.